The fourth-order valence-corrected chi connectivity index (χ4v) is 3.64. The Hall–Kier alpha value is -2.06. The second-order valence-corrected chi connectivity index (χ2v) is 6.87. The first-order valence-corrected chi connectivity index (χ1v) is 8.82. The number of amides is 1. The average molecular weight is 327 g/mol. The largest absolute Gasteiger partial charge is 0.377 e. The Morgan fingerprint density at radius 3 is 2.62 bits per heavy atom. The molecule has 1 saturated heterocycles. The number of carbonyl (C=O) groups is 1. The van der Waals surface area contributed by atoms with Crippen molar-refractivity contribution in [1.82, 2.24) is 0 Å². The van der Waals surface area contributed by atoms with E-state index in [1.54, 1.807) is 0 Å². The maximum atomic E-state index is 12.6. The number of nitrogens with one attached hydrogen (secondary N) is 1. The van der Waals surface area contributed by atoms with Crippen molar-refractivity contribution in [3.05, 3.63) is 24.3 Å². The second-order valence-electron chi connectivity index (χ2n) is 6.87. The van der Waals surface area contributed by atoms with E-state index in [2.05, 4.69) is 23.2 Å². The van der Waals surface area contributed by atoms with Gasteiger partial charge in [0.1, 0.15) is 5.41 Å². The molecule has 1 amide bonds. The van der Waals surface area contributed by atoms with Crippen molar-refractivity contribution in [3.8, 4) is 6.07 Å². The maximum absolute atomic E-state index is 12.6. The predicted octanol–water partition coefficient (Wildman–Crippen LogP) is 3.32. The van der Waals surface area contributed by atoms with Crippen LogP contribution >= 0.6 is 0 Å². The van der Waals surface area contributed by atoms with Gasteiger partial charge in [-0.3, -0.25) is 4.79 Å². The Morgan fingerprint density at radius 2 is 2.00 bits per heavy atom. The van der Waals surface area contributed by atoms with Crippen LogP contribution in [0.5, 0.6) is 0 Å². The molecule has 2 fully saturated rings. The van der Waals surface area contributed by atoms with Gasteiger partial charge in [-0.1, -0.05) is 19.3 Å². The molecule has 128 valence electrons. The van der Waals surface area contributed by atoms with Crippen LogP contribution in [0.2, 0.25) is 0 Å². The first-order valence-electron chi connectivity index (χ1n) is 8.82. The molecule has 1 aromatic carbocycles. The number of hydrogen-bond donors (Lipinski definition) is 1. The molecule has 0 unspecified atom stereocenters. The summed E-state index contributed by atoms with van der Waals surface area (Å²) in [7, 11) is 0. The van der Waals surface area contributed by atoms with E-state index in [-0.39, 0.29) is 5.91 Å². The Kier molecular flexibility index (Phi) is 5.06. The smallest absolute Gasteiger partial charge is 0.244 e. The summed E-state index contributed by atoms with van der Waals surface area (Å²) >= 11 is 0. The molecule has 24 heavy (non-hydrogen) atoms. The molecule has 0 radical (unpaired) electrons. The number of nitriles is 1. The first-order chi connectivity index (χ1) is 11.6. The molecule has 1 atom stereocenters. The Balaban J connectivity index is 1.67. The highest BCUT2D eigenvalue weighted by atomic mass is 16.5. The summed E-state index contributed by atoms with van der Waals surface area (Å²) in [6, 6.07) is 10.5. The Bertz CT molecular complexity index is 614. The van der Waals surface area contributed by atoms with E-state index < -0.39 is 5.41 Å². The summed E-state index contributed by atoms with van der Waals surface area (Å²) in [5, 5.41) is 12.4. The first kappa shape index (κ1) is 16.8. The SMILES string of the molecule is C[C@H]1COCCN1c1ccc(NC(=O)C2(C#N)CCCCC2)cc1. The van der Waals surface area contributed by atoms with Gasteiger partial charge in [-0.2, -0.15) is 5.26 Å². The molecule has 0 spiro atoms. The van der Waals surface area contributed by atoms with Crippen LogP contribution in [0.25, 0.3) is 0 Å². The highest BCUT2D eigenvalue weighted by Gasteiger charge is 2.39. The monoisotopic (exact) mass is 327 g/mol. The van der Waals surface area contributed by atoms with Crippen LogP contribution in [0, 0.1) is 16.7 Å². The van der Waals surface area contributed by atoms with E-state index in [0.29, 0.717) is 18.9 Å². The van der Waals surface area contributed by atoms with E-state index in [1.807, 2.05) is 24.3 Å². The van der Waals surface area contributed by atoms with Gasteiger partial charge in [0.15, 0.2) is 0 Å². The molecular weight excluding hydrogens is 302 g/mol. The number of anilines is 2. The van der Waals surface area contributed by atoms with Crippen LogP contribution in [0.15, 0.2) is 24.3 Å². The topological polar surface area (TPSA) is 65.4 Å². The molecule has 1 heterocycles. The Morgan fingerprint density at radius 1 is 1.29 bits per heavy atom. The Labute approximate surface area is 143 Å². The molecule has 1 aliphatic carbocycles. The molecule has 5 heteroatoms. The van der Waals surface area contributed by atoms with Crippen LogP contribution in [0.4, 0.5) is 11.4 Å². The van der Waals surface area contributed by atoms with Gasteiger partial charge in [-0.15, -0.1) is 0 Å². The zero-order chi connectivity index (χ0) is 17.0. The zero-order valence-corrected chi connectivity index (χ0v) is 14.3. The lowest BCUT2D eigenvalue weighted by Gasteiger charge is -2.35. The van der Waals surface area contributed by atoms with Crippen LogP contribution in [0.3, 0.4) is 0 Å². The zero-order valence-electron chi connectivity index (χ0n) is 14.3. The van der Waals surface area contributed by atoms with Gasteiger partial charge < -0.3 is 15.0 Å². The minimum absolute atomic E-state index is 0.155. The van der Waals surface area contributed by atoms with Gasteiger partial charge in [-0.25, -0.2) is 0 Å². The molecule has 1 saturated carbocycles. The lowest BCUT2D eigenvalue weighted by atomic mass is 9.74. The normalized spacial score (nSPS) is 23.3. The van der Waals surface area contributed by atoms with Gasteiger partial charge in [0, 0.05) is 24.0 Å². The summed E-state index contributed by atoms with van der Waals surface area (Å²) in [5.41, 5.74) is 1.04. The molecular formula is C19H25N3O2. The maximum Gasteiger partial charge on any atom is 0.244 e. The molecule has 0 bridgehead atoms. The number of rotatable bonds is 3. The van der Waals surface area contributed by atoms with E-state index >= 15 is 0 Å². The van der Waals surface area contributed by atoms with Gasteiger partial charge in [0.05, 0.1) is 19.3 Å². The highest BCUT2D eigenvalue weighted by molar-refractivity contribution is 5.97. The van der Waals surface area contributed by atoms with Gasteiger partial charge in [0.25, 0.3) is 0 Å². The minimum Gasteiger partial charge on any atom is -0.377 e. The predicted molar refractivity (Wildman–Crippen MR) is 93.8 cm³/mol. The van der Waals surface area contributed by atoms with Crippen molar-refractivity contribution in [2.45, 2.75) is 45.1 Å². The average Bonchev–Trinajstić information content (AvgIpc) is 2.63. The molecule has 1 N–H and O–H groups in total. The minimum atomic E-state index is -0.852. The van der Waals surface area contributed by atoms with E-state index in [9.17, 15) is 10.1 Å². The van der Waals surface area contributed by atoms with Gasteiger partial charge in [0.2, 0.25) is 5.91 Å². The quantitative estimate of drug-likeness (QED) is 0.925. The molecule has 3 rings (SSSR count). The third-order valence-corrected chi connectivity index (χ3v) is 5.18. The summed E-state index contributed by atoms with van der Waals surface area (Å²) in [6.45, 7) is 4.51. The molecule has 2 aliphatic rings. The number of hydrogen-bond acceptors (Lipinski definition) is 4. The van der Waals surface area contributed by atoms with E-state index in [1.165, 1.54) is 0 Å². The van der Waals surface area contributed by atoms with E-state index in [0.717, 1.165) is 50.4 Å². The highest BCUT2D eigenvalue weighted by Crippen LogP contribution is 2.36. The van der Waals surface area contributed by atoms with Crippen molar-refractivity contribution in [3.63, 3.8) is 0 Å². The van der Waals surface area contributed by atoms with Crippen LogP contribution in [-0.4, -0.2) is 31.7 Å². The fourth-order valence-electron chi connectivity index (χ4n) is 3.64. The lowest BCUT2D eigenvalue weighted by molar-refractivity contribution is -0.124. The number of ether oxygens (including phenoxy) is 1. The molecule has 0 aromatic heterocycles. The third kappa shape index (κ3) is 3.39. The van der Waals surface area contributed by atoms with Crippen LogP contribution in [0.1, 0.15) is 39.0 Å². The summed E-state index contributed by atoms with van der Waals surface area (Å²) in [5.74, 6) is -0.155. The fraction of sp³-hybridized carbons (Fsp3) is 0.579. The summed E-state index contributed by atoms with van der Waals surface area (Å²) in [6.07, 6.45) is 4.35. The van der Waals surface area contributed by atoms with Crippen molar-refractivity contribution < 1.29 is 9.53 Å². The summed E-state index contributed by atoms with van der Waals surface area (Å²) < 4.78 is 5.47. The van der Waals surface area contributed by atoms with Crippen molar-refractivity contribution in [2.75, 3.05) is 30.0 Å². The molecule has 1 aromatic rings. The molecule has 5 nitrogen and oxygen atoms in total. The number of carbonyl (C=O) groups excluding carboxylic acids is 1. The van der Waals surface area contributed by atoms with Gasteiger partial charge >= 0.3 is 0 Å². The lowest BCUT2D eigenvalue weighted by Crippen LogP contribution is -2.43. The summed E-state index contributed by atoms with van der Waals surface area (Å²) in [4.78, 5) is 14.9. The number of benzene rings is 1. The van der Waals surface area contributed by atoms with Crippen molar-refractivity contribution >= 4 is 17.3 Å². The number of morpholine rings is 1. The number of nitrogens with zero attached hydrogens (tertiary/aromatic N) is 2. The molecule has 1 aliphatic heterocycles. The standard InChI is InChI=1S/C19H25N3O2/c1-15-13-24-12-11-22(15)17-7-5-16(6-8-17)21-18(23)19(14-20)9-3-2-4-10-19/h5-8,15H,2-4,9-13H2,1H3,(H,21,23)/t15-/m0/s1. The van der Waals surface area contributed by atoms with Crippen LogP contribution in [-0.2, 0) is 9.53 Å². The van der Waals surface area contributed by atoms with Gasteiger partial charge in [-0.05, 0) is 44.0 Å². The second kappa shape index (κ2) is 7.23. The van der Waals surface area contributed by atoms with Crippen molar-refractivity contribution in [1.29, 1.82) is 5.26 Å². The van der Waals surface area contributed by atoms with Crippen molar-refractivity contribution in [2.24, 2.45) is 5.41 Å². The third-order valence-electron chi connectivity index (χ3n) is 5.18. The van der Waals surface area contributed by atoms with E-state index in [4.69, 9.17) is 4.74 Å². The van der Waals surface area contributed by atoms with Crippen LogP contribution < -0.4 is 10.2 Å².